The minimum Gasteiger partial charge on any atom is -0.497 e. The maximum Gasteiger partial charge on any atom is 0.469 e. The molecule has 1 heterocycles. The highest BCUT2D eigenvalue weighted by Crippen LogP contribution is 2.42. The summed E-state index contributed by atoms with van der Waals surface area (Å²) in [6.07, 6.45) is 12.1. The fraction of sp³-hybridized carbons (Fsp3) is 0.241. The van der Waals surface area contributed by atoms with Gasteiger partial charge < -0.3 is 19.3 Å². The number of hydrogen-bond acceptors (Lipinski definition) is 4. The van der Waals surface area contributed by atoms with E-state index < -0.39 is 7.82 Å². The van der Waals surface area contributed by atoms with E-state index in [0.29, 0.717) is 25.7 Å². The van der Waals surface area contributed by atoms with Crippen molar-refractivity contribution in [1.29, 1.82) is 0 Å². The van der Waals surface area contributed by atoms with Crippen molar-refractivity contribution in [3.63, 3.8) is 0 Å². The summed E-state index contributed by atoms with van der Waals surface area (Å²) in [5.41, 5.74) is 7.51. The Morgan fingerprint density at radius 1 is 1.11 bits per heavy atom. The van der Waals surface area contributed by atoms with Crippen molar-refractivity contribution in [3.05, 3.63) is 87.5 Å². The number of hydrogen-bond donors (Lipinski definition) is 2. The molecule has 0 aliphatic carbocycles. The molecule has 1 aliphatic heterocycles. The molecule has 3 aromatic carbocycles. The molecule has 0 saturated carbocycles. The summed E-state index contributed by atoms with van der Waals surface area (Å²) in [6, 6.07) is 16.0. The molecule has 0 unspecified atom stereocenters. The minimum atomic E-state index is -4.46. The Kier molecular flexibility index (Phi) is 7.98. The highest BCUT2D eigenvalue weighted by atomic mass is 31.2. The lowest BCUT2D eigenvalue weighted by atomic mass is 9.88. The van der Waals surface area contributed by atoms with E-state index in [4.69, 9.17) is 25.7 Å². The summed E-state index contributed by atoms with van der Waals surface area (Å²) < 4.78 is 27.2. The van der Waals surface area contributed by atoms with E-state index in [1.54, 1.807) is 7.11 Å². The number of phosphoric ester groups is 1. The van der Waals surface area contributed by atoms with Crippen LogP contribution >= 0.6 is 7.82 Å². The van der Waals surface area contributed by atoms with Gasteiger partial charge in [0, 0.05) is 24.0 Å². The second kappa shape index (κ2) is 11.2. The molecule has 2 N–H and O–H groups in total. The zero-order chi connectivity index (χ0) is 25.7. The van der Waals surface area contributed by atoms with E-state index in [1.165, 1.54) is 0 Å². The lowest BCUT2D eigenvalue weighted by Crippen LogP contribution is -2.10. The Bertz CT molecular complexity index is 1380. The van der Waals surface area contributed by atoms with Gasteiger partial charge in [-0.05, 0) is 71.8 Å². The molecule has 3 aromatic rings. The van der Waals surface area contributed by atoms with Crippen LogP contribution in [-0.2, 0) is 28.4 Å². The molecular weight excluding hydrogens is 475 g/mol. The first-order valence-corrected chi connectivity index (χ1v) is 13.2. The van der Waals surface area contributed by atoms with E-state index in [1.807, 2.05) is 36.4 Å². The molecule has 0 fully saturated rings. The maximum atomic E-state index is 10.9. The van der Waals surface area contributed by atoms with Crippen molar-refractivity contribution in [3.8, 4) is 29.6 Å². The van der Waals surface area contributed by atoms with E-state index in [2.05, 4.69) is 41.7 Å². The Balaban J connectivity index is 1.62. The van der Waals surface area contributed by atoms with Gasteiger partial charge in [0.1, 0.15) is 17.2 Å². The van der Waals surface area contributed by atoms with Crippen LogP contribution in [0.3, 0.4) is 0 Å². The SMILES string of the molecule is C#CCc1cc(CCCOP(=O)(O)O)cc2c1Cc1c(ccc(C)c1/C=C/c1cccc(OC)c1)O2. The summed E-state index contributed by atoms with van der Waals surface area (Å²) in [5.74, 6) is 5.14. The molecule has 6 nitrogen and oxygen atoms in total. The lowest BCUT2D eigenvalue weighted by molar-refractivity contribution is 0.195. The Morgan fingerprint density at radius 3 is 2.69 bits per heavy atom. The van der Waals surface area contributed by atoms with E-state index in [9.17, 15) is 4.57 Å². The third-order valence-electron chi connectivity index (χ3n) is 6.16. The Labute approximate surface area is 211 Å². The fourth-order valence-corrected chi connectivity index (χ4v) is 4.79. The van der Waals surface area contributed by atoms with E-state index >= 15 is 0 Å². The number of phosphoric acid groups is 1. The highest BCUT2D eigenvalue weighted by Gasteiger charge is 2.23. The molecule has 0 atom stereocenters. The quantitative estimate of drug-likeness (QED) is 0.124. The van der Waals surface area contributed by atoms with Crippen LogP contribution in [0, 0.1) is 19.3 Å². The van der Waals surface area contributed by atoms with Gasteiger partial charge in [0.2, 0.25) is 0 Å². The van der Waals surface area contributed by atoms with Crippen LogP contribution in [0.2, 0.25) is 0 Å². The van der Waals surface area contributed by atoms with Crippen LogP contribution in [0.15, 0.2) is 48.5 Å². The van der Waals surface area contributed by atoms with Crippen LogP contribution in [-0.4, -0.2) is 23.5 Å². The van der Waals surface area contributed by atoms with Crippen LogP contribution in [0.1, 0.15) is 45.4 Å². The van der Waals surface area contributed by atoms with Gasteiger partial charge >= 0.3 is 7.82 Å². The third-order valence-corrected chi connectivity index (χ3v) is 6.68. The fourth-order valence-electron chi connectivity index (χ4n) is 4.42. The summed E-state index contributed by atoms with van der Waals surface area (Å²) in [6.45, 7) is 2.06. The highest BCUT2D eigenvalue weighted by molar-refractivity contribution is 7.46. The molecule has 7 heteroatoms. The molecule has 0 spiro atoms. The molecule has 4 rings (SSSR count). The summed E-state index contributed by atoms with van der Waals surface area (Å²) in [5, 5.41) is 0. The van der Waals surface area contributed by atoms with Gasteiger partial charge in [-0.25, -0.2) is 4.57 Å². The maximum absolute atomic E-state index is 10.9. The number of aryl methyl sites for hydroxylation is 2. The zero-order valence-corrected chi connectivity index (χ0v) is 21.3. The first kappa shape index (κ1) is 25.8. The monoisotopic (exact) mass is 504 g/mol. The van der Waals surface area contributed by atoms with Crippen molar-refractivity contribution < 1.29 is 28.3 Å². The first-order chi connectivity index (χ1) is 17.3. The van der Waals surface area contributed by atoms with Gasteiger partial charge in [-0.3, -0.25) is 4.52 Å². The average Bonchev–Trinajstić information content (AvgIpc) is 2.85. The molecular formula is C29H29O6P. The zero-order valence-electron chi connectivity index (χ0n) is 20.4. The summed E-state index contributed by atoms with van der Waals surface area (Å²) in [7, 11) is -2.81. The molecule has 0 radical (unpaired) electrons. The smallest absolute Gasteiger partial charge is 0.469 e. The molecule has 186 valence electrons. The van der Waals surface area contributed by atoms with Gasteiger partial charge in [0.25, 0.3) is 0 Å². The van der Waals surface area contributed by atoms with E-state index in [0.717, 1.165) is 56.2 Å². The third kappa shape index (κ3) is 6.26. The first-order valence-electron chi connectivity index (χ1n) is 11.7. The second-order valence-electron chi connectivity index (χ2n) is 8.70. The van der Waals surface area contributed by atoms with Crippen LogP contribution in [0.5, 0.6) is 17.2 Å². The average molecular weight is 505 g/mol. The van der Waals surface area contributed by atoms with Gasteiger partial charge in [-0.15, -0.1) is 12.3 Å². The molecule has 1 aliphatic rings. The van der Waals surface area contributed by atoms with Crippen molar-refractivity contribution in [1.82, 2.24) is 0 Å². The summed E-state index contributed by atoms with van der Waals surface area (Å²) >= 11 is 0. The van der Waals surface area contributed by atoms with Crippen molar-refractivity contribution in [2.24, 2.45) is 0 Å². The number of ether oxygens (including phenoxy) is 2. The molecule has 36 heavy (non-hydrogen) atoms. The Hall–Kier alpha value is -3.33. The van der Waals surface area contributed by atoms with Gasteiger partial charge in [-0.1, -0.05) is 36.4 Å². The Morgan fingerprint density at radius 2 is 1.94 bits per heavy atom. The van der Waals surface area contributed by atoms with Crippen LogP contribution in [0.4, 0.5) is 0 Å². The predicted molar refractivity (Wildman–Crippen MR) is 141 cm³/mol. The largest absolute Gasteiger partial charge is 0.497 e. The second-order valence-corrected chi connectivity index (χ2v) is 9.94. The van der Waals surface area contributed by atoms with Gasteiger partial charge in [-0.2, -0.15) is 0 Å². The van der Waals surface area contributed by atoms with Gasteiger partial charge in [0.15, 0.2) is 0 Å². The van der Waals surface area contributed by atoms with Crippen molar-refractivity contribution >= 4 is 20.0 Å². The topological polar surface area (TPSA) is 85.2 Å². The van der Waals surface area contributed by atoms with E-state index in [-0.39, 0.29) is 6.61 Å². The number of terminal acetylenes is 1. The molecule has 0 aromatic heterocycles. The van der Waals surface area contributed by atoms with Gasteiger partial charge in [0.05, 0.1) is 13.7 Å². The lowest BCUT2D eigenvalue weighted by Gasteiger charge is -2.25. The number of methoxy groups -OCH3 is 1. The molecule has 0 bridgehead atoms. The van der Waals surface area contributed by atoms with Crippen LogP contribution in [0.25, 0.3) is 12.2 Å². The number of rotatable bonds is 9. The number of benzene rings is 3. The minimum absolute atomic E-state index is 0.0300. The normalized spacial score (nSPS) is 12.5. The molecule has 0 saturated heterocycles. The van der Waals surface area contributed by atoms with Crippen molar-refractivity contribution in [2.75, 3.05) is 13.7 Å². The number of fused-ring (bicyclic) bond motifs is 2. The van der Waals surface area contributed by atoms with Crippen LogP contribution < -0.4 is 9.47 Å². The van der Waals surface area contributed by atoms with Crippen molar-refractivity contribution in [2.45, 2.75) is 32.6 Å². The summed E-state index contributed by atoms with van der Waals surface area (Å²) in [4.78, 5) is 17.8. The molecule has 0 amide bonds. The standard InChI is InChI=1S/C29H29O6P/c1-4-7-23-16-22(9-6-15-34-36(30,31)32)18-29-26(23)19-27-25(20(2)11-14-28(27)35-29)13-12-21-8-5-10-24(17-21)33-3/h1,5,8,10-14,16-18H,6-7,9,15,19H2,2-3H3,(H2,30,31,32)/b13-12+. The predicted octanol–water partition coefficient (Wildman–Crippen LogP) is 6.09.